The highest BCUT2D eigenvalue weighted by Crippen LogP contribution is 2.31. The maximum absolute atomic E-state index is 6.14. The fourth-order valence-corrected chi connectivity index (χ4v) is 2.95. The zero-order chi connectivity index (χ0) is 13.1. The molecule has 0 aliphatic heterocycles. The lowest BCUT2D eigenvalue weighted by atomic mass is 10.3. The minimum Gasteiger partial charge on any atom is -0.399 e. The van der Waals surface area contributed by atoms with E-state index < -0.39 is 0 Å². The number of nitrogens with two attached hydrogens (primary N) is 1. The third kappa shape index (κ3) is 3.00. The van der Waals surface area contributed by atoms with E-state index in [0.717, 1.165) is 22.8 Å². The van der Waals surface area contributed by atoms with Crippen molar-refractivity contribution in [1.29, 1.82) is 0 Å². The molecular weight excluding hydrogens is 266 g/mol. The summed E-state index contributed by atoms with van der Waals surface area (Å²) in [5.74, 6) is 0.854. The number of thioether (sulfide) groups is 1. The van der Waals surface area contributed by atoms with Gasteiger partial charge < -0.3 is 5.73 Å². The SMILES string of the molecule is CCc1cc(CSc2ccc(N)cc2Cl)n(C)n1. The molecule has 0 saturated heterocycles. The van der Waals surface area contributed by atoms with Crippen LogP contribution in [-0.2, 0) is 19.2 Å². The molecule has 0 atom stereocenters. The fourth-order valence-electron chi connectivity index (χ4n) is 1.67. The average Bonchev–Trinajstić information content (AvgIpc) is 2.69. The van der Waals surface area contributed by atoms with Crippen LogP contribution in [0.4, 0.5) is 5.69 Å². The third-order valence-electron chi connectivity index (χ3n) is 2.72. The highest BCUT2D eigenvalue weighted by molar-refractivity contribution is 7.98. The summed E-state index contributed by atoms with van der Waals surface area (Å²) in [6.45, 7) is 2.11. The second kappa shape index (κ2) is 5.67. The molecule has 18 heavy (non-hydrogen) atoms. The Morgan fingerprint density at radius 2 is 2.17 bits per heavy atom. The second-order valence-electron chi connectivity index (χ2n) is 4.08. The van der Waals surface area contributed by atoms with Crippen molar-refractivity contribution >= 4 is 29.1 Å². The van der Waals surface area contributed by atoms with E-state index in [9.17, 15) is 0 Å². The summed E-state index contributed by atoms with van der Waals surface area (Å²) in [7, 11) is 1.97. The minimum atomic E-state index is 0.693. The second-order valence-corrected chi connectivity index (χ2v) is 5.51. The van der Waals surface area contributed by atoms with Crippen molar-refractivity contribution in [2.45, 2.75) is 24.0 Å². The molecule has 0 aliphatic carbocycles. The van der Waals surface area contributed by atoms with Crippen LogP contribution in [0.2, 0.25) is 5.02 Å². The predicted octanol–water partition coefficient (Wildman–Crippen LogP) is 3.51. The van der Waals surface area contributed by atoms with Gasteiger partial charge in [-0.1, -0.05) is 18.5 Å². The lowest BCUT2D eigenvalue weighted by Crippen LogP contribution is -1.96. The summed E-state index contributed by atoms with van der Waals surface area (Å²) in [6.07, 6.45) is 0.959. The van der Waals surface area contributed by atoms with E-state index in [2.05, 4.69) is 18.1 Å². The molecule has 0 fully saturated rings. The molecule has 0 unspecified atom stereocenters. The highest BCUT2D eigenvalue weighted by Gasteiger charge is 2.06. The fraction of sp³-hybridized carbons (Fsp3) is 0.308. The summed E-state index contributed by atoms with van der Waals surface area (Å²) in [5.41, 5.74) is 8.69. The first-order valence-electron chi connectivity index (χ1n) is 5.79. The van der Waals surface area contributed by atoms with Crippen LogP contribution in [0.5, 0.6) is 0 Å². The Labute approximate surface area is 116 Å². The molecule has 0 bridgehead atoms. The Morgan fingerprint density at radius 1 is 1.39 bits per heavy atom. The molecule has 3 nitrogen and oxygen atoms in total. The number of rotatable bonds is 4. The van der Waals surface area contributed by atoms with Gasteiger partial charge in [0.15, 0.2) is 0 Å². The number of nitrogen functional groups attached to an aromatic ring is 1. The van der Waals surface area contributed by atoms with E-state index in [1.54, 1.807) is 17.8 Å². The van der Waals surface area contributed by atoms with Gasteiger partial charge in [0.05, 0.1) is 10.7 Å². The van der Waals surface area contributed by atoms with Crippen LogP contribution in [-0.4, -0.2) is 9.78 Å². The van der Waals surface area contributed by atoms with E-state index in [1.165, 1.54) is 5.69 Å². The molecule has 2 aromatic rings. The van der Waals surface area contributed by atoms with Gasteiger partial charge in [0.2, 0.25) is 0 Å². The van der Waals surface area contributed by atoms with Crippen molar-refractivity contribution in [2.75, 3.05) is 5.73 Å². The van der Waals surface area contributed by atoms with Crippen LogP contribution in [0.25, 0.3) is 0 Å². The summed E-state index contributed by atoms with van der Waals surface area (Å²) < 4.78 is 1.93. The summed E-state index contributed by atoms with van der Waals surface area (Å²) >= 11 is 7.84. The largest absolute Gasteiger partial charge is 0.399 e. The molecule has 0 radical (unpaired) electrons. The van der Waals surface area contributed by atoms with E-state index in [4.69, 9.17) is 17.3 Å². The van der Waals surface area contributed by atoms with Crippen molar-refractivity contribution in [2.24, 2.45) is 7.05 Å². The maximum Gasteiger partial charge on any atom is 0.0625 e. The smallest absolute Gasteiger partial charge is 0.0625 e. The van der Waals surface area contributed by atoms with Crippen LogP contribution >= 0.6 is 23.4 Å². The van der Waals surface area contributed by atoms with E-state index in [-0.39, 0.29) is 0 Å². The first kappa shape index (κ1) is 13.3. The molecule has 2 N–H and O–H groups in total. The number of nitrogens with zero attached hydrogens (tertiary/aromatic N) is 2. The van der Waals surface area contributed by atoms with Crippen LogP contribution in [0, 0.1) is 0 Å². The third-order valence-corrected chi connectivity index (χ3v) is 4.25. The Balaban J connectivity index is 2.08. The first-order valence-corrected chi connectivity index (χ1v) is 7.16. The van der Waals surface area contributed by atoms with Gasteiger partial charge in [-0.2, -0.15) is 5.10 Å². The number of hydrogen-bond acceptors (Lipinski definition) is 3. The number of aromatic nitrogens is 2. The lowest BCUT2D eigenvalue weighted by molar-refractivity contribution is 0.720. The van der Waals surface area contributed by atoms with Gasteiger partial charge in [-0.3, -0.25) is 4.68 Å². The van der Waals surface area contributed by atoms with Gasteiger partial charge in [0.25, 0.3) is 0 Å². The predicted molar refractivity (Wildman–Crippen MR) is 78.0 cm³/mol. The molecule has 2 rings (SSSR count). The number of anilines is 1. The van der Waals surface area contributed by atoms with E-state index in [0.29, 0.717) is 10.7 Å². The minimum absolute atomic E-state index is 0.693. The summed E-state index contributed by atoms with van der Waals surface area (Å²) in [4.78, 5) is 1.05. The summed E-state index contributed by atoms with van der Waals surface area (Å²) in [6, 6.07) is 7.75. The number of halogens is 1. The number of aryl methyl sites for hydroxylation is 2. The topological polar surface area (TPSA) is 43.8 Å². The zero-order valence-electron chi connectivity index (χ0n) is 10.5. The maximum atomic E-state index is 6.14. The van der Waals surface area contributed by atoms with Crippen molar-refractivity contribution in [1.82, 2.24) is 9.78 Å². The number of benzene rings is 1. The van der Waals surface area contributed by atoms with Gasteiger partial charge >= 0.3 is 0 Å². The lowest BCUT2D eigenvalue weighted by Gasteiger charge is -2.05. The molecule has 1 aromatic carbocycles. The highest BCUT2D eigenvalue weighted by atomic mass is 35.5. The molecular formula is C13H16ClN3S. The molecule has 96 valence electrons. The molecule has 1 aromatic heterocycles. The zero-order valence-corrected chi connectivity index (χ0v) is 12.1. The van der Waals surface area contributed by atoms with Gasteiger partial charge in [0, 0.05) is 29.1 Å². The van der Waals surface area contributed by atoms with Gasteiger partial charge in [0.1, 0.15) is 0 Å². The quantitative estimate of drug-likeness (QED) is 0.689. The molecule has 5 heteroatoms. The molecule has 0 spiro atoms. The molecule has 1 heterocycles. The summed E-state index contributed by atoms with van der Waals surface area (Å²) in [5, 5.41) is 5.13. The van der Waals surface area contributed by atoms with E-state index >= 15 is 0 Å². The van der Waals surface area contributed by atoms with Gasteiger partial charge in [-0.15, -0.1) is 11.8 Å². The number of hydrogen-bond donors (Lipinski definition) is 1. The van der Waals surface area contributed by atoms with Gasteiger partial charge in [-0.05, 0) is 30.7 Å². The molecule has 0 amide bonds. The van der Waals surface area contributed by atoms with Crippen molar-refractivity contribution < 1.29 is 0 Å². The Hall–Kier alpha value is -1.13. The monoisotopic (exact) mass is 281 g/mol. The van der Waals surface area contributed by atoms with Gasteiger partial charge in [-0.25, -0.2) is 0 Å². The molecule has 0 aliphatic rings. The van der Waals surface area contributed by atoms with Crippen molar-refractivity contribution in [3.05, 3.63) is 40.7 Å². The Morgan fingerprint density at radius 3 is 2.78 bits per heavy atom. The molecule has 0 saturated carbocycles. The normalized spacial score (nSPS) is 10.8. The van der Waals surface area contributed by atoms with Crippen LogP contribution in [0.15, 0.2) is 29.2 Å². The first-order chi connectivity index (χ1) is 8.60. The van der Waals surface area contributed by atoms with Crippen molar-refractivity contribution in [3.63, 3.8) is 0 Å². The average molecular weight is 282 g/mol. The standard InChI is InChI=1S/C13H16ClN3S/c1-3-10-7-11(17(2)16-10)8-18-13-5-4-9(15)6-12(13)14/h4-7H,3,8,15H2,1-2H3. The Kier molecular flexibility index (Phi) is 4.19. The van der Waals surface area contributed by atoms with Crippen LogP contribution in [0.3, 0.4) is 0 Å². The van der Waals surface area contributed by atoms with Crippen LogP contribution in [0.1, 0.15) is 18.3 Å². The Bertz CT molecular complexity index is 551. The van der Waals surface area contributed by atoms with E-state index in [1.807, 2.05) is 23.9 Å². The van der Waals surface area contributed by atoms with Crippen LogP contribution < -0.4 is 5.73 Å². The van der Waals surface area contributed by atoms with Crippen molar-refractivity contribution in [3.8, 4) is 0 Å².